The molecule has 0 bridgehead atoms. The monoisotopic (exact) mass is 485 g/mol. The zero-order valence-electron chi connectivity index (χ0n) is 17.2. The number of rotatable bonds is 6. The minimum atomic E-state index is -4.28. The van der Waals surface area contributed by atoms with Gasteiger partial charge in [0.25, 0.3) is 21.5 Å². The standard InChI is InChI=1S/C21H19N5O5S2/c22-19(28)12-3-1-5-14-16(12)23-20(25-33(14,30)31)15-18(27)17(13-4-2-10-32-13)24-26(21(15)29)9-8-11-6-7-11/h1-5,10-11,27H,6-9H2,(H2,22,28)(H,23,25). The van der Waals surface area contributed by atoms with Crippen molar-refractivity contribution in [3.05, 3.63) is 57.2 Å². The summed E-state index contributed by atoms with van der Waals surface area (Å²) >= 11 is 1.31. The van der Waals surface area contributed by atoms with Crippen LogP contribution in [0, 0.1) is 5.92 Å². The highest BCUT2D eigenvalue weighted by atomic mass is 32.2. The molecule has 0 saturated heterocycles. The van der Waals surface area contributed by atoms with Crippen molar-refractivity contribution in [2.45, 2.75) is 30.7 Å². The van der Waals surface area contributed by atoms with E-state index >= 15 is 0 Å². The summed E-state index contributed by atoms with van der Waals surface area (Å²) < 4.78 is 30.8. The number of hydrogen-bond donors (Lipinski definition) is 3. The van der Waals surface area contributed by atoms with Crippen LogP contribution in [0.4, 0.5) is 5.69 Å². The van der Waals surface area contributed by atoms with Crippen LogP contribution in [0.15, 0.2) is 49.8 Å². The quantitative estimate of drug-likeness (QED) is 0.483. The number of para-hydroxylation sites is 1. The molecule has 1 aliphatic heterocycles. The second-order valence-corrected chi connectivity index (χ2v) is 10.4. The number of primary amides is 1. The Hall–Kier alpha value is -3.51. The van der Waals surface area contributed by atoms with Crippen molar-refractivity contribution < 1.29 is 18.3 Å². The summed E-state index contributed by atoms with van der Waals surface area (Å²) in [5, 5.41) is 19.9. The van der Waals surface area contributed by atoms with Crippen molar-refractivity contribution >= 4 is 38.8 Å². The van der Waals surface area contributed by atoms with Gasteiger partial charge in [0, 0.05) is 6.54 Å². The minimum absolute atomic E-state index is 0.0791. The average Bonchev–Trinajstić information content (AvgIpc) is 3.43. The highest BCUT2D eigenvalue weighted by Crippen LogP contribution is 2.36. The number of nitrogens with one attached hydrogen (secondary N) is 1. The van der Waals surface area contributed by atoms with E-state index in [1.54, 1.807) is 17.5 Å². The van der Waals surface area contributed by atoms with Gasteiger partial charge in [-0.2, -0.15) is 13.5 Å². The molecule has 1 fully saturated rings. The van der Waals surface area contributed by atoms with Crippen LogP contribution in [0.2, 0.25) is 0 Å². The molecule has 170 valence electrons. The number of aromatic nitrogens is 2. The molecule has 1 aliphatic carbocycles. The van der Waals surface area contributed by atoms with Crippen LogP contribution in [0.1, 0.15) is 35.2 Å². The van der Waals surface area contributed by atoms with Crippen molar-refractivity contribution in [2.24, 2.45) is 16.0 Å². The summed E-state index contributed by atoms with van der Waals surface area (Å²) in [7, 11) is -4.28. The molecular weight excluding hydrogens is 466 g/mol. The molecule has 4 N–H and O–H groups in total. The number of thiophene rings is 1. The first kappa shape index (κ1) is 21.3. The van der Waals surface area contributed by atoms with Crippen molar-refractivity contribution in [1.82, 2.24) is 9.78 Å². The summed E-state index contributed by atoms with van der Waals surface area (Å²) in [6.07, 6.45) is 2.93. The lowest BCUT2D eigenvalue weighted by Gasteiger charge is -2.21. The maximum atomic E-state index is 13.3. The van der Waals surface area contributed by atoms with E-state index in [1.807, 2.05) is 0 Å². The van der Waals surface area contributed by atoms with Gasteiger partial charge in [0.2, 0.25) is 0 Å². The molecule has 10 nitrogen and oxygen atoms in total. The van der Waals surface area contributed by atoms with Gasteiger partial charge < -0.3 is 16.2 Å². The van der Waals surface area contributed by atoms with Crippen molar-refractivity contribution in [3.8, 4) is 16.3 Å². The molecular formula is C21H19N5O5S2. The first-order chi connectivity index (χ1) is 15.8. The zero-order chi connectivity index (χ0) is 23.3. The molecule has 0 unspecified atom stereocenters. The van der Waals surface area contributed by atoms with Crippen LogP contribution >= 0.6 is 11.3 Å². The van der Waals surface area contributed by atoms with E-state index < -0.39 is 27.2 Å². The first-order valence-corrected chi connectivity index (χ1v) is 12.5. The number of nitrogens with two attached hydrogens (primary N) is 1. The minimum Gasteiger partial charge on any atom is -0.505 e. The van der Waals surface area contributed by atoms with Crippen LogP contribution in [-0.2, 0) is 16.6 Å². The van der Waals surface area contributed by atoms with Crippen molar-refractivity contribution in [3.63, 3.8) is 0 Å². The molecule has 1 aromatic carbocycles. The zero-order valence-corrected chi connectivity index (χ0v) is 18.8. The number of anilines is 1. The van der Waals surface area contributed by atoms with Gasteiger partial charge in [-0.15, -0.1) is 15.7 Å². The number of carbonyl (C=O) groups excluding carboxylic acids is 1. The highest BCUT2D eigenvalue weighted by molar-refractivity contribution is 7.90. The molecule has 1 amide bonds. The smallest absolute Gasteiger partial charge is 0.286 e. The number of sulfonamides is 1. The first-order valence-electron chi connectivity index (χ1n) is 10.2. The topological polar surface area (TPSA) is 157 Å². The maximum absolute atomic E-state index is 13.3. The van der Waals surface area contributed by atoms with E-state index in [-0.39, 0.29) is 33.2 Å². The fraction of sp³-hybridized carbons (Fsp3) is 0.238. The van der Waals surface area contributed by atoms with E-state index in [9.17, 15) is 23.1 Å². The molecule has 0 radical (unpaired) electrons. The van der Waals surface area contributed by atoms with Crippen LogP contribution in [0.3, 0.4) is 0 Å². The molecule has 5 rings (SSSR count). The fourth-order valence-electron chi connectivity index (χ4n) is 3.72. The fourth-order valence-corrected chi connectivity index (χ4v) is 5.57. The molecule has 12 heteroatoms. The van der Waals surface area contributed by atoms with Crippen molar-refractivity contribution in [2.75, 3.05) is 5.32 Å². The van der Waals surface area contributed by atoms with E-state index in [2.05, 4.69) is 14.8 Å². The predicted octanol–water partition coefficient (Wildman–Crippen LogP) is 2.14. The number of amides is 1. The van der Waals surface area contributed by atoms with Gasteiger partial charge >= 0.3 is 0 Å². The van der Waals surface area contributed by atoms with E-state index in [0.717, 1.165) is 19.3 Å². The Labute approximate surface area is 192 Å². The molecule has 3 heterocycles. The average molecular weight is 486 g/mol. The summed E-state index contributed by atoms with van der Waals surface area (Å²) in [5.41, 5.74) is 4.37. The van der Waals surface area contributed by atoms with Crippen LogP contribution < -0.4 is 16.6 Å². The van der Waals surface area contributed by atoms with E-state index in [0.29, 0.717) is 17.3 Å². The number of benzene rings is 1. The third-order valence-corrected chi connectivity index (χ3v) is 7.79. The summed E-state index contributed by atoms with van der Waals surface area (Å²) in [4.78, 5) is 25.6. The van der Waals surface area contributed by atoms with E-state index in [1.165, 1.54) is 34.2 Å². The normalized spacial score (nSPS) is 16.5. The van der Waals surface area contributed by atoms with Crippen LogP contribution in [-0.4, -0.2) is 35.0 Å². The molecule has 0 spiro atoms. The number of nitrogens with zero attached hydrogens (tertiary/aromatic N) is 3. The van der Waals surface area contributed by atoms with Gasteiger partial charge in [0.1, 0.15) is 16.2 Å². The highest BCUT2D eigenvalue weighted by Gasteiger charge is 2.33. The SMILES string of the molecule is NC(=O)c1cccc2c1NC(c1c(O)c(-c3cccs3)nn(CCC3CC3)c1=O)=NS2(=O)=O. The Morgan fingerprint density at radius 2 is 2.06 bits per heavy atom. The molecule has 33 heavy (non-hydrogen) atoms. The Kier molecular flexibility index (Phi) is 5.05. The lowest BCUT2D eigenvalue weighted by Crippen LogP contribution is -2.35. The Morgan fingerprint density at radius 1 is 1.27 bits per heavy atom. The molecule has 2 aromatic heterocycles. The summed E-state index contributed by atoms with van der Waals surface area (Å²) in [5.74, 6) is -1.21. The van der Waals surface area contributed by atoms with E-state index in [4.69, 9.17) is 5.73 Å². The summed E-state index contributed by atoms with van der Waals surface area (Å²) in [6.45, 7) is 0.318. The Morgan fingerprint density at radius 3 is 2.73 bits per heavy atom. The van der Waals surface area contributed by atoms with Gasteiger partial charge in [-0.25, -0.2) is 4.68 Å². The Bertz CT molecular complexity index is 1470. The van der Waals surface area contributed by atoms with Gasteiger partial charge in [-0.05, 0) is 35.9 Å². The van der Waals surface area contributed by atoms with Crippen LogP contribution in [0.5, 0.6) is 5.75 Å². The largest absolute Gasteiger partial charge is 0.505 e. The second kappa shape index (κ2) is 7.81. The molecule has 1 saturated carbocycles. The number of aromatic hydroxyl groups is 1. The van der Waals surface area contributed by atoms with Gasteiger partial charge in [0.05, 0.1) is 16.1 Å². The molecule has 2 aliphatic rings. The Balaban J connectivity index is 1.71. The van der Waals surface area contributed by atoms with Gasteiger partial charge in [-0.1, -0.05) is 25.0 Å². The third kappa shape index (κ3) is 3.80. The molecule has 3 aromatic rings. The van der Waals surface area contributed by atoms with Gasteiger partial charge in [0.15, 0.2) is 11.6 Å². The lowest BCUT2D eigenvalue weighted by molar-refractivity contribution is 0.100. The predicted molar refractivity (Wildman–Crippen MR) is 123 cm³/mol. The van der Waals surface area contributed by atoms with Crippen molar-refractivity contribution in [1.29, 1.82) is 0 Å². The number of fused-ring (bicyclic) bond motifs is 1. The number of carbonyl (C=O) groups is 1. The number of hydrogen-bond acceptors (Lipinski definition) is 8. The maximum Gasteiger partial charge on any atom is 0.286 e. The number of aryl methyl sites for hydroxylation is 1. The van der Waals surface area contributed by atoms with Crippen LogP contribution in [0.25, 0.3) is 10.6 Å². The van der Waals surface area contributed by atoms with Gasteiger partial charge in [-0.3, -0.25) is 9.59 Å². The number of amidine groups is 1. The summed E-state index contributed by atoms with van der Waals surface area (Å²) in [6, 6.07) is 7.53. The molecule has 0 atom stereocenters. The lowest BCUT2D eigenvalue weighted by atomic mass is 10.1. The second-order valence-electron chi connectivity index (χ2n) is 7.89. The third-order valence-electron chi connectivity index (χ3n) is 5.59.